The molecular weight excluding hydrogens is 474 g/mol. The van der Waals surface area contributed by atoms with Crippen LogP contribution < -0.4 is 4.90 Å². The van der Waals surface area contributed by atoms with E-state index in [1.165, 1.54) is 49.4 Å². The van der Waals surface area contributed by atoms with Crippen molar-refractivity contribution in [2.45, 2.75) is 33.3 Å². The predicted molar refractivity (Wildman–Crippen MR) is 135 cm³/mol. The monoisotopic (exact) mass is 499 g/mol. The van der Waals surface area contributed by atoms with Crippen molar-refractivity contribution in [3.8, 4) is 0 Å². The molecule has 8 heteroatoms. The number of anilines is 1. The molecule has 3 aromatic rings. The van der Waals surface area contributed by atoms with E-state index >= 15 is 0 Å². The first-order valence-corrected chi connectivity index (χ1v) is 11.8. The molecule has 8 nitrogen and oxygen atoms in total. The Morgan fingerprint density at radius 2 is 1.38 bits per heavy atom. The van der Waals surface area contributed by atoms with E-state index in [1.54, 1.807) is 24.3 Å². The van der Waals surface area contributed by atoms with Crippen LogP contribution in [0.15, 0.2) is 66.7 Å². The average molecular weight is 500 g/mol. The maximum atomic E-state index is 13.1. The van der Waals surface area contributed by atoms with Gasteiger partial charge < -0.3 is 9.47 Å². The van der Waals surface area contributed by atoms with Gasteiger partial charge in [0.25, 0.3) is 11.8 Å². The minimum Gasteiger partial charge on any atom is -0.462 e. The Morgan fingerprint density at radius 1 is 0.784 bits per heavy atom. The number of hydrogen-bond acceptors (Lipinski definition) is 7. The molecule has 0 N–H and O–H groups in total. The summed E-state index contributed by atoms with van der Waals surface area (Å²) in [7, 11) is 0. The van der Waals surface area contributed by atoms with Gasteiger partial charge in [0.05, 0.1) is 34.5 Å². The molecule has 4 rings (SSSR count). The summed E-state index contributed by atoms with van der Waals surface area (Å²) in [6.07, 6.45) is -0.351. The molecular formula is C29H25NO7. The molecule has 188 valence electrons. The summed E-state index contributed by atoms with van der Waals surface area (Å²) in [6.45, 7) is 5.56. The minimum atomic E-state index is -1.04. The quantitative estimate of drug-likeness (QED) is 0.249. The van der Waals surface area contributed by atoms with Crippen LogP contribution in [0.5, 0.6) is 0 Å². The summed E-state index contributed by atoms with van der Waals surface area (Å²) in [4.78, 5) is 64.4. The molecule has 1 atom stereocenters. The van der Waals surface area contributed by atoms with E-state index in [0.717, 1.165) is 10.5 Å². The van der Waals surface area contributed by atoms with Crippen LogP contribution in [0.1, 0.15) is 77.6 Å². The van der Waals surface area contributed by atoms with E-state index in [-0.39, 0.29) is 28.2 Å². The van der Waals surface area contributed by atoms with Gasteiger partial charge in [-0.05, 0) is 62.7 Å². The van der Waals surface area contributed by atoms with Crippen molar-refractivity contribution < 1.29 is 33.4 Å². The van der Waals surface area contributed by atoms with Gasteiger partial charge in [0, 0.05) is 5.56 Å². The number of ketones is 1. The number of Topliss-reactive ketones (excluding diaryl/α,β-unsaturated/α-hetero) is 1. The molecule has 0 fully saturated rings. The minimum absolute atomic E-state index is 0.0410. The number of aryl methyl sites for hydroxylation is 1. The maximum Gasteiger partial charge on any atom is 0.338 e. The van der Waals surface area contributed by atoms with Crippen LogP contribution in [-0.4, -0.2) is 42.2 Å². The standard InChI is InChI=1S/C29H25NO7/c1-4-15-36-28(34)20-9-12-22(13-10-20)30-26(32)23-14-11-21(16-24(23)27(30)33)29(35)37-18(3)25(31)19-7-5-17(2)6-8-19/h5-14,16,18H,4,15H2,1-3H3/t18-/m1/s1. The molecule has 37 heavy (non-hydrogen) atoms. The molecule has 0 unspecified atom stereocenters. The van der Waals surface area contributed by atoms with Crippen LogP contribution in [0.4, 0.5) is 5.69 Å². The Hall–Kier alpha value is -4.59. The SMILES string of the molecule is CCCOC(=O)c1ccc(N2C(=O)c3ccc(C(=O)O[C@H](C)C(=O)c4ccc(C)cc4)cc3C2=O)cc1. The van der Waals surface area contributed by atoms with Gasteiger partial charge in [-0.15, -0.1) is 0 Å². The smallest absolute Gasteiger partial charge is 0.338 e. The fraction of sp³-hybridized carbons (Fsp3) is 0.207. The zero-order valence-corrected chi connectivity index (χ0v) is 20.6. The molecule has 1 heterocycles. The van der Waals surface area contributed by atoms with E-state index in [0.29, 0.717) is 24.2 Å². The summed E-state index contributed by atoms with van der Waals surface area (Å²) in [5, 5.41) is 0. The fourth-order valence-corrected chi connectivity index (χ4v) is 3.86. The molecule has 1 aliphatic heterocycles. The number of imide groups is 1. The maximum absolute atomic E-state index is 13.1. The van der Waals surface area contributed by atoms with E-state index in [9.17, 15) is 24.0 Å². The van der Waals surface area contributed by atoms with Crippen molar-refractivity contribution >= 4 is 35.2 Å². The molecule has 0 spiro atoms. The lowest BCUT2D eigenvalue weighted by molar-refractivity contribution is 0.0318. The number of fused-ring (bicyclic) bond motifs is 1. The third kappa shape index (κ3) is 5.18. The van der Waals surface area contributed by atoms with Gasteiger partial charge in [-0.1, -0.05) is 36.8 Å². The van der Waals surface area contributed by atoms with Crippen LogP contribution >= 0.6 is 0 Å². The zero-order valence-electron chi connectivity index (χ0n) is 20.6. The number of hydrogen-bond donors (Lipinski definition) is 0. The van der Waals surface area contributed by atoms with E-state index in [2.05, 4.69) is 0 Å². The summed E-state index contributed by atoms with van der Waals surface area (Å²) >= 11 is 0. The normalized spacial score (nSPS) is 13.2. The number of carbonyl (C=O) groups is 5. The molecule has 0 saturated heterocycles. The molecule has 0 bridgehead atoms. The second-order valence-corrected chi connectivity index (χ2v) is 8.67. The number of ether oxygens (including phenoxy) is 2. The lowest BCUT2D eigenvalue weighted by atomic mass is 10.0. The van der Waals surface area contributed by atoms with E-state index in [4.69, 9.17) is 9.47 Å². The highest BCUT2D eigenvalue weighted by Gasteiger charge is 2.37. The second kappa shape index (κ2) is 10.6. The highest BCUT2D eigenvalue weighted by Crippen LogP contribution is 2.29. The molecule has 0 aromatic heterocycles. The highest BCUT2D eigenvalue weighted by molar-refractivity contribution is 6.34. The van der Waals surface area contributed by atoms with Crippen molar-refractivity contribution in [3.63, 3.8) is 0 Å². The van der Waals surface area contributed by atoms with Gasteiger partial charge in [-0.2, -0.15) is 0 Å². The predicted octanol–water partition coefficient (Wildman–Crippen LogP) is 4.79. The van der Waals surface area contributed by atoms with Crippen LogP contribution in [0.2, 0.25) is 0 Å². The van der Waals surface area contributed by atoms with Crippen molar-refractivity contribution in [2.24, 2.45) is 0 Å². The molecule has 2 amide bonds. The molecule has 1 aliphatic rings. The number of carbonyl (C=O) groups excluding carboxylic acids is 5. The van der Waals surface area contributed by atoms with Crippen molar-refractivity contribution in [1.29, 1.82) is 0 Å². The summed E-state index contributed by atoms with van der Waals surface area (Å²) in [6, 6.07) is 16.9. The topological polar surface area (TPSA) is 107 Å². The summed E-state index contributed by atoms with van der Waals surface area (Å²) in [5.41, 5.74) is 2.21. The van der Waals surface area contributed by atoms with Crippen LogP contribution in [0.25, 0.3) is 0 Å². The van der Waals surface area contributed by atoms with Crippen molar-refractivity contribution in [2.75, 3.05) is 11.5 Å². The molecule has 0 radical (unpaired) electrons. The average Bonchev–Trinajstić information content (AvgIpc) is 3.16. The first kappa shape index (κ1) is 25.5. The summed E-state index contributed by atoms with van der Waals surface area (Å²) in [5.74, 6) is -2.80. The van der Waals surface area contributed by atoms with Crippen LogP contribution in [0.3, 0.4) is 0 Å². The molecule has 0 aliphatic carbocycles. The molecule has 3 aromatic carbocycles. The zero-order chi connectivity index (χ0) is 26.7. The second-order valence-electron chi connectivity index (χ2n) is 8.67. The van der Waals surface area contributed by atoms with E-state index < -0.39 is 29.9 Å². The molecule has 0 saturated carbocycles. The number of amides is 2. The first-order valence-electron chi connectivity index (χ1n) is 11.8. The van der Waals surface area contributed by atoms with Gasteiger partial charge in [-0.25, -0.2) is 14.5 Å². The Labute approximate surface area is 213 Å². The third-order valence-electron chi connectivity index (χ3n) is 5.91. The number of nitrogens with zero attached hydrogens (tertiary/aromatic N) is 1. The van der Waals surface area contributed by atoms with Crippen molar-refractivity contribution in [1.82, 2.24) is 0 Å². The fourth-order valence-electron chi connectivity index (χ4n) is 3.86. The first-order chi connectivity index (χ1) is 17.7. The van der Waals surface area contributed by atoms with Gasteiger partial charge in [0.1, 0.15) is 0 Å². The Balaban J connectivity index is 1.49. The van der Waals surface area contributed by atoms with Gasteiger partial charge in [0.15, 0.2) is 6.10 Å². The number of esters is 2. The lowest BCUT2D eigenvalue weighted by Crippen LogP contribution is -2.29. The highest BCUT2D eigenvalue weighted by atomic mass is 16.5. The third-order valence-corrected chi connectivity index (χ3v) is 5.91. The summed E-state index contributed by atoms with van der Waals surface area (Å²) < 4.78 is 10.4. The Bertz CT molecular complexity index is 1390. The number of benzene rings is 3. The van der Waals surface area contributed by atoms with Gasteiger partial charge >= 0.3 is 11.9 Å². The van der Waals surface area contributed by atoms with Crippen LogP contribution in [-0.2, 0) is 9.47 Å². The van der Waals surface area contributed by atoms with E-state index in [1.807, 2.05) is 13.8 Å². The van der Waals surface area contributed by atoms with Gasteiger partial charge in [-0.3, -0.25) is 14.4 Å². The number of rotatable bonds is 8. The van der Waals surface area contributed by atoms with Crippen molar-refractivity contribution in [3.05, 3.63) is 100 Å². The Morgan fingerprint density at radius 3 is 2.03 bits per heavy atom. The van der Waals surface area contributed by atoms with Crippen LogP contribution in [0, 0.1) is 6.92 Å². The lowest BCUT2D eigenvalue weighted by Gasteiger charge is -2.14. The van der Waals surface area contributed by atoms with Gasteiger partial charge in [0.2, 0.25) is 5.78 Å². The Kier molecular flexibility index (Phi) is 7.29. The largest absolute Gasteiger partial charge is 0.462 e.